The molecule has 2 aliphatic heterocycles. The number of rotatable bonds is 6. The summed E-state index contributed by atoms with van der Waals surface area (Å²) in [5.74, 6) is -1.40. The Hall–Kier alpha value is -1.98. The highest BCUT2D eigenvalue weighted by Crippen LogP contribution is 2.23. The molecule has 2 atom stereocenters. The number of nitrogens with one attached hydrogen (secondary N) is 2. The van der Waals surface area contributed by atoms with Gasteiger partial charge in [0.05, 0.1) is 28.9 Å². The van der Waals surface area contributed by atoms with Crippen molar-refractivity contribution in [3.05, 3.63) is 30.3 Å². The van der Waals surface area contributed by atoms with Gasteiger partial charge in [0.2, 0.25) is 21.8 Å². The number of sulfonamides is 1. The number of carbonyl (C=O) groups excluding carboxylic acids is 2. The number of nitrogens with zero attached hydrogens (tertiary/aromatic N) is 1. The summed E-state index contributed by atoms with van der Waals surface area (Å²) in [5.41, 5.74) is 0. The molecule has 2 saturated heterocycles. The van der Waals surface area contributed by atoms with Crippen molar-refractivity contribution < 1.29 is 26.4 Å². The molecule has 0 unspecified atom stereocenters. The summed E-state index contributed by atoms with van der Waals surface area (Å²) in [6.07, 6.45) is 1.46. The third-order valence-electron chi connectivity index (χ3n) is 5.16. The summed E-state index contributed by atoms with van der Waals surface area (Å²) in [6, 6.07) is 7.65. The van der Waals surface area contributed by atoms with Crippen LogP contribution in [0.1, 0.15) is 19.3 Å². The smallest absolute Gasteiger partial charge is 0.243 e. The van der Waals surface area contributed by atoms with Gasteiger partial charge in [0.15, 0.2) is 9.84 Å². The molecule has 2 N–H and O–H groups in total. The topological polar surface area (TPSA) is 130 Å². The minimum Gasteiger partial charge on any atom is -0.351 e. The van der Waals surface area contributed by atoms with Gasteiger partial charge in [-0.25, -0.2) is 16.8 Å². The SMILES string of the molecule is O=C(CNC(=O)[C@@H]1CCCN(S(=O)(=O)c2ccccc2)C1)N[C@@H]1CCS(=O)(=O)C1. The lowest BCUT2D eigenvalue weighted by Gasteiger charge is -2.31. The molecule has 9 nitrogen and oxygen atoms in total. The number of hydrogen-bond donors (Lipinski definition) is 2. The zero-order valence-corrected chi connectivity index (χ0v) is 17.5. The number of sulfone groups is 1. The van der Waals surface area contributed by atoms with Crippen molar-refractivity contribution in [2.45, 2.75) is 30.2 Å². The maximum atomic E-state index is 12.7. The fourth-order valence-electron chi connectivity index (χ4n) is 3.62. The first kappa shape index (κ1) is 21.7. The van der Waals surface area contributed by atoms with E-state index in [9.17, 15) is 26.4 Å². The fraction of sp³-hybridized carbons (Fsp3) is 0.556. The van der Waals surface area contributed by atoms with Crippen molar-refractivity contribution in [3.63, 3.8) is 0 Å². The monoisotopic (exact) mass is 443 g/mol. The molecule has 0 spiro atoms. The first-order chi connectivity index (χ1) is 13.7. The van der Waals surface area contributed by atoms with E-state index in [4.69, 9.17) is 0 Å². The molecule has 160 valence electrons. The summed E-state index contributed by atoms with van der Waals surface area (Å²) >= 11 is 0. The van der Waals surface area contributed by atoms with Crippen LogP contribution in [0.25, 0.3) is 0 Å². The average Bonchev–Trinajstić information content (AvgIpc) is 3.05. The summed E-state index contributed by atoms with van der Waals surface area (Å²) in [6.45, 7) is 0.139. The van der Waals surface area contributed by atoms with Gasteiger partial charge in [-0.3, -0.25) is 9.59 Å². The van der Waals surface area contributed by atoms with Crippen LogP contribution >= 0.6 is 0 Å². The Bertz CT molecular complexity index is 963. The van der Waals surface area contributed by atoms with E-state index < -0.39 is 37.7 Å². The third-order valence-corrected chi connectivity index (χ3v) is 8.80. The predicted molar refractivity (Wildman–Crippen MR) is 106 cm³/mol. The van der Waals surface area contributed by atoms with E-state index in [-0.39, 0.29) is 35.4 Å². The number of benzene rings is 1. The maximum Gasteiger partial charge on any atom is 0.243 e. The van der Waals surface area contributed by atoms with Crippen molar-refractivity contribution in [2.75, 3.05) is 31.1 Å². The number of piperidine rings is 1. The highest BCUT2D eigenvalue weighted by Gasteiger charge is 2.33. The summed E-state index contributed by atoms with van der Waals surface area (Å²) in [5, 5.41) is 5.14. The van der Waals surface area contributed by atoms with Crippen LogP contribution in [-0.4, -0.2) is 70.1 Å². The molecule has 0 radical (unpaired) electrons. The minimum absolute atomic E-state index is 0.0537. The van der Waals surface area contributed by atoms with Crippen LogP contribution in [0, 0.1) is 5.92 Å². The second kappa shape index (κ2) is 8.80. The van der Waals surface area contributed by atoms with E-state index in [2.05, 4.69) is 10.6 Å². The summed E-state index contributed by atoms with van der Waals surface area (Å²) < 4.78 is 49.7. The molecular weight excluding hydrogens is 418 g/mol. The van der Waals surface area contributed by atoms with Crippen LogP contribution in [0.15, 0.2) is 35.2 Å². The van der Waals surface area contributed by atoms with Crippen molar-refractivity contribution in [2.24, 2.45) is 5.92 Å². The summed E-state index contributed by atoms with van der Waals surface area (Å²) in [4.78, 5) is 24.6. The van der Waals surface area contributed by atoms with E-state index >= 15 is 0 Å². The van der Waals surface area contributed by atoms with Crippen LogP contribution in [0.4, 0.5) is 0 Å². The number of amides is 2. The van der Waals surface area contributed by atoms with Crippen molar-refractivity contribution in [3.8, 4) is 0 Å². The molecule has 0 aromatic heterocycles. The lowest BCUT2D eigenvalue weighted by molar-refractivity contribution is -0.129. The Labute approximate surface area is 170 Å². The van der Waals surface area contributed by atoms with Gasteiger partial charge in [0.25, 0.3) is 0 Å². The van der Waals surface area contributed by atoms with Gasteiger partial charge in [0.1, 0.15) is 0 Å². The molecule has 0 bridgehead atoms. The molecule has 2 heterocycles. The zero-order valence-electron chi connectivity index (χ0n) is 15.9. The van der Waals surface area contributed by atoms with E-state index in [1.807, 2.05) is 0 Å². The molecule has 2 aliphatic rings. The standard InChI is InChI=1S/C18H25N3O6S2/c22-17(20-15-8-10-28(24,25)13-15)11-19-18(23)14-5-4-9-21(12-14)29(26,27)16-6-2-1-3-7-16/h1-3,6-7,14-15H,4-5,8-13H2,(H,19,23)(H,20,22)/t14-,15-/m1/s1. The first-order valence-corrected chi connectivity index (χ1v) is 12.8. The molecule has 29 heavy (non-hydrogen) atoms. The Balaban J connectivity index is 1.51. The zero-order chi connectivity index (χ0) is 21.1. The molecule has 1 aromatic rings. The Morgan fingerprint density at radius 1 is 1.14 bits per heavy atom. The molecular formula is C18H25N3O6S2. The number of hydrogen-bond acceptors (Lipinski definition) is 6. The molecule has 0 aliphatic carbocycles. The molecule has 3 rings (SSSR count). The second-order valence-corrected chi connectivity index (χ2v) is 11.6. The normalized spacial score (nSPS) is 24.7. The Morgan fingerprint density at radius 3 is 2.52 bits per heavy atom. The van der Waals surface area contributed by atoms with Crippen molar-refractivity contribution in [1.29, 1.82) is 0 Å². The lowest BCUT2D eigenvalue weighted by atomic mass is 9.99. The first-order valence-electron chi connectivity index (χ1n) is 9.50. The van der Waals surface area contributed by atoms with Crippen molar-refractivity contribution in [1.82, 2.24) is 14.9 Å². The van der Waals surface area contributed by atoms with Crippen LogP contribution in [0.5, 0.6) is 0 Å². The minimum atomic E-state index is -3.67. The van der Waals surface area contributed by atoms with Gasteiger partial charge < -0.3 is 10.6 Å². The molecule has 1 aromatic carbocycles. The van der Waals surface area contributed by atoms with Gasteiger partial charge in [-0.2, -0.15) is 4.31 Å². The van der Waals surface area contributed by atoms with Gasteiger partial charge >= 0.3 is 0 Å². The van der Waals surface area contributed by atoms with E-state index in [0.29, 0.717) is 25.8 Å². The van der Waals surface area contributed by atoms with Gasteiger partial charge in [-0.15, -0.1) is 0 Å². The van der Waals surface area contributed by atoms with Crippen LogP contribution in [0.2, 0.25) is 0 Å². The van der Waals surface area contributed by atoms with Crippen LogP contribution in [-0.2, 0) is 29.4 Å². The molecule has 2 amide bonds. The van der Waals surface area contributed by atoms with E-state index in [1.54, 1.807) is 18.2 Å². The average molecular weight is 444 g/mol. The van der Waals surface area contributed by atoms with Gasteiger partial charge in [-0.1, -0.05) is 18.2 Å². The largest absolute Gasteiger partial charge is 0.351 e. The third kappa shape index (κ3) is 5.55. The van der Waals surface area contributed by atoms with Gasteiger partial charge in [-0.05, 0) is 31.4 Å². The molecule has 11 heteroatoms. The summed E-state index contributed by atoms with van der Waals surface area (Å²) in [7, 11) is -6.77. The molecule has 2 fully saturated rings. The van der Waals surface area contributed by atoms with E-state index in [0.717, 1.165) is 0 Å². The maximum absolute atomic E-state index is 12.7. The Kier molecular flexibility index (Phi) is 6.59. The lowest BCUT2D eigenvalue weighted by Crippen LogP contribution is -2.48. The van der Waals surface area contributed by atoms with Crippen LogP contribution in [0.3, 0.4) is 0 Å². The number of carbonyl (C=O) groups is 2. The highest BCUT2D eigenvalue weighted by atomic mass is 32.2. The Morgan fingerprint density at radius 2 is 1.86 bits per heavy atom. The molecule has 0 saturated carbocycles. The fourth-order valence-corrected chi connectivity index (χ4v) is 6.83. The second-order valence-electron chi connectivity index (χ2n) is 7.40. The quantitative estimate of drug-likeness (QED) is 0.610. The van der Waals surface area contributed by atoms with E-state index in [1.165, 1.54) is 16.4 Å². The van der Waals surface area contributed by atoms with Crippen LogP contribution < -0.4 is 10.6 Å². The predicted octanol–water partition coefficient (Wildman–Crippen LogP) is -0.493. The van der Waals surface area contributed by atoms with Gasteiger partial charge in [0, 0.05) is 19.1 Å². The highest BCUT2D eigenvalue weighted by molar-refractivity contribution is 7.91. The van der Waals surface area contributed by atoms with Crippen molar-refractivity contribution >= 4 is 31.7 Å².